The van der Waals surface area contributed by atoms with Crippen molar-refractivity contribution in [2.24, 2.45) is 0 Å². The number of rotatable bonds is 6. The van der Waals surface area contributed by atoms with Crippen molar-refractivity contribution < 1.29 is 18.3 Å². The molecule has 0 spiro atoms. The highest BCUT2D eigenvalue weighted by molar-refractivity contribution is 8.03. The third-order valence-electron chi connectivity index (χ3n) is 2.17. The van der Waals surface area contributed by atoms with Gasteiger partial charge in [0.2, 0.25) is 0 Å². The lowest BCUT2D eigenvalue weighted by atomic mass is 10.2. The summed E-state index contributed by atoms with van der Waals surface area (Å²) in [5.41, 5.74) is -0.608. The second kappa shape index (κ2) is 7.31. The van der Waals surface area contributed by atoms with E-state index in [4.69, 9.17) is 5.11 Å². The predicted molar refractivity (Wildman–Crippen MR) is 71.2 cm³/mol. The van der Waals surface area contributed by atoms with Crippen LogP contribution >= 0.6 is 23.5 Å². The largest absolute Gasteiger partial charge is 0.416 e. The topological polar surface area (TPSA) is 20.2 Å². The normalized spacial score (nSPS) is 13.6. The van der Waals surface area contributed by atoms with E-state index in [0.29, 0.717) is 4.90 Å². The van der Waals surface area contributed by atoms with E-state index in [1.807, 2.05) is 6.92 Å². The van der Waals surface area contributed by atoms with Crippen LogP contribution in [0.2, 0.25) is 0 Å². The van der Waals surface area contributed by atoms with E-state index in [2.05, 4.69) is 0 Å². The van der Waals surface area contributed by atoms with E-state index in [1.54, 1.807) is 17.8 Å². The van der Waals surface area contributed by atoms with Crippen LogP contribution in [0.4, 0.5) is 13.2 Å². The van der Waals surface area contributed by atoms with E-state index in [1.165, 1.54) is 23.9 Å². The van der Waals surface area contributed by atoms with Crippen molar-refractivity contribution in [3.05, 3.63) is 29.8 Å². The van der Waals surface area contributed by atoms with Gasteiger partial charge >= 0.3 is 6.18 Å². The molecule has 0 heterocycles. The number of benzene rings is 1. The lowest BCUT2D eigenvalue weighted by Crippen LogP contribution is -2.05. The average molecular weight is 296 g/mol. The molecule has 1 nitrogen and oxygen atoms in total. The monoisotopic (exact) mass is 296 g/mol. The molecule has 1 N–H and O–H groups in total. The molecule has 0 saturated heterocycles. The summed E-state index contributed by atoms with van der Waals surface area (Å²) in [4.78, 5) is 0.627. The molecule has 0 bridgehead atoms. The zero-order valence-electron chi connectivity index (χ0n) is 9.91. The van der Waals surface area contributed by atoms with Crippen LogP contribution in [-0.4, -0.2) is 28.5 Å². The fraction of sp³-hybridized carbons (Fsp3) is 0.500. The molecule has 0 aliphatic heterocycles. The van der Waals surface area contributed by atoms with Crippen molar-refractivity contribution in [1.82, 2.24) is 0 Å². The van der Waals surface area contributed by atoms with E-state index in [-0.39, 0.29) is 11.9 Å². The van der Waals surface area contributed by atoms with Crippen LogP contribution in [0, 0.1) is 0 Å². The molecule has 1 unspecified atom stereocenters. The predicted octanol–water partition coefficient (Wildman–Crippen LogP) is 3.91. The molecule has 18 heavy (non-hydrogen) atoms. The molecule has 102 valence electrons. The molecule has 1 rings (SSSR count). The molecule has 0 aliphatic rings. The Hall–Kier alpha value is -0.330. The summed E-state index contributed by atoms with van der Waals surface area (Å²) in [6.07, 6.45) is -4.28. The summed E-state index contributed by atoms with van der Waals surface area (Å²) in [6.45, 7) is 2.04. The van der Waals surface area contributed by atoms with Gasteiger partial charge in [0.15, 0.2) is 0 Å². The van der Waals surface area contributed by atoms with Gasteiger partial charge in [0.25, 0.3) is 0 Å². The molecule has 1 aromatic carbocycles. The Bertz CT molecular complexity index is 369. The molecule has 0 aromatic heterocycles. The van der Waals surface area contributed by atoms with Crippen LogP contribution in [0.3, 0.4) is 0 Å². The summed E-state index contributed by atoms with van der Waals surface area (Å²) < 4.78 is 37.4. The van der Waals surface area contributed by atoms with Crippen LogP contribution in [0.25, 0.3) is 0 Å². The lowest BCUT2D eigenvalue weighted by Gasteiger charge is -2.09. The molecular formula is C12H15F3OS2. The van der Waals surface area contributed by atoms with Crippen molar-refractivity contribution in [1.29, 1.82) is 0 Å². The van der Waals surface area contributed by atoms with Gasteiger partial charge in [-0.3, -0.25) is 0 Å². The smallest absolute Gasteiger partial charge is 0.395 e. The Morgan fingerprint density at radius 2 is 2.00 bits per heavy atom. The van der Waals surface area contributed by atoms with Crippen LogP contribution in [0.15, 0.2) is 29.2 Å². The highest BCUT2D eigenvalue weighted by Crippen LogP contribution is 2.32. The molecule has 0 amide bonds. The summed E-state index contributed by atoms with van der Waals surface area (Å²) in [6, 6.07) is 5.35. The van der Waals surface area contributed by atoms with Crippen molar-refractivity contribution in [2.75, 3.05) is 18.1 Å². The van der Waals surface area contributed by atoms with Crippen LogP contribution in [-0.2, 0) is 6.18 Å². The SMILES string of the molecule is CC(CO)SCCSc1cccc(C(F)(F)F)c1. The van der Waals surface area contributed by atoms with Crippen LogP contribution in [0.5, 0.6) is 0 Å². The third-order valence-corrected chi connectivity index (χ3v) is 4.58. The maximum Gasteiger partial charge on any atom is 0.416 e. The van der Waals surface area contributed by atoms with Gasteiger partial charge < -0.3 is 5.11 Å². The summed E-state index contributed by atoms with van der Waals surface area (Å²) in [5.74, 6) is 1.54. The molecule has 1 atom stereocenters. The van der Waals surface area contributed by atoms with Gasteiger partial charge in [-0.05, 0) is 18.2 Å². The molecule has 0 fully saturated rings. The molecule has 1 aromatic rings. The van der Waals surface area contributed by atoms with Gasteiger partial charge in [-0.2, -0.15) is 24.9 Å². The zero-order valence-corrected chi connectivity index (χ0v) is 11.5. The highest BCUT2D eigenvalue weighted by Gasteiger charge is 2.30. The molecule has 6 heteroatoms. The lowest BCUT2D eigenvalue weighted by molar-refractivity contribution is -0.137. The zero-order chi connectivity index (χ0) is 13.6. The standard InChI is InChI=1S/C12H15F3OS2/c1-9(8-16)17-5-6-18-11-4-2-3-10(7-11)12(13,14)15/h2-4,7,9,16H,5-6,8H2,1H3. The van der Waals surface area contributed by atoms with Gasteiger partial charge in [-0.1, -0.05) is 13.0 Å². The van der Waals surface area contributed by atoms with Crippen molar-refractivity contribution in [3.8, 4) is 0 Å². The van der Waals surface area contributed by atoms with Gasteiger partial charge in [0, 0.05) is 21.7 Å². The van der Waals surface area contributed by atoms with Gasteiger partial charge in [0.1, 0.15) is 0 Å². The average Bonchev–Trinajstić information content (AvgIpc) is 2.33. The third kappa shape index (κ3) is 5.54. The second-order valence-corrected chi connectivity index (χ2v) is 6.45. The van der Waals surface area contributed by atoms with Crippen molar-refractivity contribution >= 4 is 23.5 Å². The number of aliphatic hydroxyl groups excluding tert-OH is 1. The summed E-state index contributed by atoms with van der Waals surface area (Å²) in [7, 11) is 0. The van der Waals surface area contributed by atoms with Gasteiger partial charge in [-0.25, -0.2) is 0 Å². The number of hydrogen-bond donors (Lipinski definition) is 1. The van der Waals surface area contributed by atoms with E-state index in [0.717, 1.165) is 17.6 Å². The Morgan fingerprint density at radius 1 is 1.28 bits per heavy atom. The summed E-state index contributed by atoms with van der Waals surface area (Å²) in [5, 5.41) is 9.00. The maximum atomic E-state index is 12.5. The Morgan fingerprint density at radius 3 is 2.61 bits per heavy atom. The summed E-state index contributed by atoms with van der Waals surface area (Å²) >= 11 is 3.01. The number of halogens is 3. The van der Waals surface area contributed by atoms with Crippen molar-refractivity contribution in [2.45, 2.75) is 23.2 Å². The van der Waals surface area contributed by atoms with Crippen LogP contribution in [0.1, 0.15) is 12.5 Å². The molecule has 0 aliphatic carbocycles. The maximum absolute atomic E-state index is 12.5. The quantitative estimate of drug-likeness (QED) is 0.635. The number of thioether (sulfide) groups is 2. The van der Waals surface area contributed by atoms with E-state index < -0.39 is 11.7 Å². The Balaban J connectivity index is 2.43. The molecule has 0 saturated carbocycles. The first-order chi connectivity index (χ1) is 8.43. The van der Waals surface area contributed by atoms with Crippen molar-refractivity contribution in [3.63, 3.8) is 0 Å². The first-order valence-corrected chi connectivity index (χ1v) is 7.49. The minimum Gasteiger partial charge on any atom is -0.395 e. The molecular weight excluding hydrogens is 281 g/mol. The van der Waals surface area contributed by atoms with E-state index in [9.17, 15) is 13.2 Å². The second-order valence-electron chi connectivity index (χ2n) is 3.74. The Labute approximate surface area is 113 Å². The van der Waals surface area contributed by atoms with Crippen LogP contribution < -0.4 is 0 Å². The Kier molecular flexibility index (Phi) is 6.38. The number of hydrogen-bond acceptors (Lipinski definition) is 3. The minimum absolute atomic E-state index is 0.124. The number of aliphatic hydroxyl groups is 1. The van der Waals surface area contributed by atoms with E-state index >= 15 is 0 Å². The van der Waals surface area contributed by atoms with Gasteiger partial charge in [-0.15, -0.1) is 11.8 Å². The molecule has 0 radical (unpaired) electrons. The fourth-order valence-corrected chi connectivity index (χ4v) is 3.07. The van der Waals surface area contributed by atoms with Gasteiger partial charge in [0.05, 0.1) is 12.2 Å². The first-order valence-electron chi connectivity index (χ1n) is 5.46. The highest BCUT2D eigenvalue weighted by atomic mass is 32.2. The number of alkyl halides is 3. The first kappa shape index (κ1) is 15.7. The minimum atomic E-state index is -4.28. The fourth-order valence-electron chi connectivity index (χ4n) is 1.22.